The van der Waals surface area contributed by atoms with Gasteiger partial charge in [-0.1, -0.05) is 28.1 Å². The molecule has 3 aromatic carbocycles. The number of benzene rings is 3. The second-order valence-electron chi connectivity index (χ2n) is 7.29. The van der Waals surface area contributed by atoms with E-state index in [0.717, 1.165) is 16.2 Å². The van der Waals surface area contributed by atoms with Gasteiger partial charge in [-0.05, 0) is 78.0 Å². The smallest absolute Gasteiger partial charge is 0.276 e. The first-order valence-electron chi connectivity index (χ1n) is 9.94. The van der Waals surface area contributed by atoms with Crippen LogP contribution in [0.4, 0.5) is 15.8 Å². The van der Waals surface area contributed by atoms with E-state index in [1.165, 1.54) is 41.3 Å². The van der Waals surface area contributed by atoms with Crippen LogP contribution in [0.5, 0.6) is 5.75 Å². The van der Waals surface area contributed by atoms with E-state index in [9.17, 15) is 19.1 Å². The van der Waals surface area contributed by atoms with Crippen molar-refractivity contribution in [3.8, 4) is 5.75 Å². The molecule has 0 saturated carbocycles. The molecule has 0 aliphatic carbocycles. The standard InChI is InChI=1S/C24H14BrFN4O3S/c25-14-3-10-19-18(12-14)21(22(32)27-19)28-29-24-30(16-6-4-15(26)5-7-16)23(33)20(34-24)11-13-1-8-17(31)9-2-13/h1-12,31H,(H,27,28,32). The fraction of sp³-hybridized carbons (Fsp3) is 0. The van der Waals surface area contributed by atoms with Crippen LogP contribution in [0.25, 0.3) is 6.08 Å². The largest absolute Gasteiger partial charge is 0.508 e. The van der Waals surface area contributed by atoms with Crippen molar-refractivity contribution in [1.82, 2.24) is 0 Å². The molecule has 2 aliphatic rings. The maximum absolute atomic E-state index is 13.5. The van der Waals surface area contributed by atoms with Crippen LogP contribution in [0.3, 0.4) is 0 Å². The van der Waals surface area contributed by atoms with E-state index in [2.05, 4.69) is 31.4 Å². The van der Waals surface area contributed by atoms with Gasteiger partial charge in [-0.3, -0.25) is 14.5 Å². The van der Waals surface area contributed by atoms with Gasteiger partial charge in [0.15, 0.2) is 5.71 Å². The molecule has 0 unspecified atom stereocenters. The van der Waals surface area contributed by atoms with Gasteiger partial charge in [0.05, 0.1) is 16.3 Å². The Balaban J connectivity index is 1.57. The molecule has 10 heteroatoms. The van der Waals surface area contributed by atoms with Crippen molar-refractivity contribution in [2.75, 3.05) is 10.2 Å². The lowest BCUT2D eigenvalue weighted by Crippen LogP contribution is -2.28. The summed E-state index contributed by atoms with van der Waals surface area (Å²) in [7, 11) is 0. The number of nitrogens with one attached hydrogen (secondary N) is 1. The zero-order valence-electron chi connectivity index (χ0n) is 17.2. The highest BCUT2D eigenvalue weighted by Gasteiger charge is 2.35. The second kappa shape index (κ2) is 8.88. The monoisotopic (exact) mass is 536 g/mol. The van der Waals surface area contributed by atoms with Gasteiger partial charge in [0, 0.05) is 10.0 Å². The summed E-state index contributed by atoms with van der Waals surface area (Å²) >= 11 is 4.46. The van der Waals surface area contributed by atoms with Gasteiger partial charge in [-0.2, -0.15) is 0 Å². The number of phenolic OH excluding ortho intramolecular Hbond substituents is 1. The zero-order valence-corrected chi connectivity index (χ0v) is 19.6. The van der Waals surface area contributed by atoms with Crippen LogP contribution in [0.1, 0.15) is 11.1 Å². The first-order chi connectivity index (χ1) is 16.4. The first kappa shape index (κ1) is 22.1. The average Bonchev–Trinajstić information content (AvgIpc) is 3.29. The molecule has 2 aliphatic heterocycles. The molecule has 0 bridgehead atoms. The Morgan fingerprint density at radius 3 is 2.47 bits per heavy atom. The van der Waals surface area contributed by atoms with Crippen molar-refractivity contribution < 1.29 is 19.1 Å². The van der Waals surface area contributed by atoms with Crippen molar-refractivity contribution in [1.29, 1.82) is 0 Å². The van der Waals surface area contributed by atoms with Crippen LogP contribution >= 0.6 is 27.7 Å². The van der Waals surface area contributed by atoms with Crippen LogP contribution < -0.4 is 10.2 Å². The summed E-state index contributed by atoms with van der Waals surface area (Å²) in [6.07, 6.45) is 1.66. The topological polar surface area (TPSA) is 94.4 Å². The predicted molar refractivity (Wildman–Crippen MR) is 134 cm³/mol. The zero-order chi connectivity index (χ0) is 23.8. The Hall–Kier alpha value is -3.76. The van der Waals surface area contributed by atoms with Crippen LogP contribution in [0, 0.1) is 5.82 Å². The molecule has 0 spiro atoms. The SMILES string of the molecule is O=C1Nc2ccc(Br)cc2C1=NN=C1SC(=Cc2ccc(O)cc2)C(=O)N1c1ccc(F)cc1. The Labute approximate surface area is 205 Å². The number of anilines is 2. The molecule has 0 atom stereocenters. The molecule has 3 aromatic rings. The van der Waals surface area contributed by atoms with Crippen LogP contribution in [-0.4, -0.2) is 27.8 Å². The number of phenols is 1. The molecule has 7 nitrogen and oxygen atoms in total. The van der Waals surface area contributed by atoms with E-state index in [0.29, 0.717) is 27.4 Å². The minimum Gasteiger partial charge on any atom is -0.508 e. The molecule has 5 rings (SSSR count). The lowest BCUT2D eigenvalue weighted by molar-refractivity contribution is -0.113. The minimum atomic E-state index is -0.438. The molecule has 34 heavy (non-hydrogen) atoms. The molecule has 2 heterocycles. The fourth-order valence-corrected chi connectivity index (χ4v) is 4.69. The number of fused-ring (bicyclic) bond motifs is 1. The molecule has 2 N–H and O–H groups in total. The Morgan fingerprint density at radius 1 is 1.00 bits per heavy atom. The van der Waals surface area contributed by atoms with Crippen molar-refractivity contribution >= 4 is 67.8 Å². The van der Waals surface area contributed by atoms with Gasteiger partial charge in [-0.15, -0.1) is 10.2 Å². The third-order valence-corrected chi connectivity index (χ3v) is 6.47. The number of hydrogen-bond acceptors (Lipinski definition) is 6. The van der Waals surface area contributed by atoms with Crippen molar-refractivity contribution in [3.05, 3.63) is 93.1 Å². The summed E-state index contributed by atoms with van der Waals surface area (Å²) in [6.45, 7) is 0. The van der Waals surface area contributed by atoms with Crippen molar-refractivity contribution in [2.24, 2.45) is 10.2 Å². The molecular formula is C24H14BrFN4O3S. The van der Waals surface area contributed by atoms with E-state index >= 15 is 0 Å². The highest BCUT2D eigenvalue weighted by Crippen LogP contribution is 2.36. The number of thioether (sulfide) groups is 1. The van der Waals surface area contributed by atoms with E-state index < -0.39 is 11.7 Å². The molecular weight excluding hydrogens is 523 g/mol. The molecule has 1 fully saturated rings. The molecule has 0 radical (unpaired) electrons. The first-order valence-corrected chi connectivity index (χ1v) is 11.6. The summed E-state index contributed by atoms with van der Waals surface area (Å²) in [5.41, 5.74) is 2.43. The number of carbonyl (C=O) groups is 2. The maximum Gasteiger partial charge on any atom is 0.276 e. The molecule has 0 aromatic heterocycles. The summed E-state index contributed by atoms with van der Waals surface area (Å²) in [6, 6.07) is 17.1. The normalized spacial score (nSPS) is 18.8. The van der Waals surface area contributed by atoms with Crippen molar-refractivity contribution in [2.45, 2.75) is 0 Å². The van der Waals surface area contributed by atoms with Gasteiger partial charge in [0.25, 0.3) is 11.8 Å². The third-order valence-electron chi connectivity index (χ3n) is 5.02. The highest BCUT2D eigenvalue weighted by atomic mass is 79.9. The van der Waals surface area contributed by atoms with Crippen molar-refractivity contribution in [3.63, 3.8) is 0 Å². The Bertz CT molecular complexity index is 1420. The van der Waals surface area contributed by atoms with E-state index in [1.807, 2.05) is 0 Å². The van der Waals surface area contributed by atoms with Gasteiger partial charge >= 0.3 is 0 Å². The summed E-state index contributed by atoms with van der Waals surface area (Å²) in [4.78, 5) is 27.4. The Morgan fingerprint density at radius 2 is 1.74 bits per heavy atom. The fourth-order valence-electron chi connectivity index (χ4n) is 3.40. The van der Waals surface area contributed by atoms with E-state index in [4.69, 9.17) is 0 Å². The number of aromatic hydroxyl groups is 1. The second-order valence-corrected chi connectivity index (χ2v) is 9.22. The maximum atomic E-state index is 13.5. The van der Waals surface area contributed by atoms with Gasteiger partial charge < -0.3 is 10.4 Å². The number of nitrogens with zero attached hydrogens (tertiary/aromatic N) is 3. The number of carbonyl (C=O) groups excluding carboxylic acids is 2. The highest BCUT2D eigenvalue weighted by molar-refractivity contribution is 9.10. The lowest BCUT2D eigenvalue weighted by Gasteiger charge is -2.14. The molecule has 2 amide bonds. The van der Waals surface area contributed by atoms with E-state index in [-0.39, 0.29) is 22.5 Å². The quantitative estimate of drug-likeness (QED) is 0.358. The molecule has 168 valence electrons. The third kappa shape index (κ3) is 4.25. The van der Waals surface area contributed by atoms with Gasteiger partial charge in [0.2, 0.25) is 5.17 Å². The van der Waals surface area contributed by atoms with E-state index in [1.54, 1.807) is 36.4 Å². The average molecular weight is 537 g/mol. The Kier molecular flexibility index (Phi) is 5.76. The van der Waals surface area contributed by atoms with Gasteiger partial charge in [-0.25, -0.2) is 4.39 Å². The summed E-state index contributed by atoms with van der Waals surface area (Å²) < 4.78 is 14.3. The summed E-state index contributed by atoms with van der Waals surface area (Å²) in [5, 5.41) is 20.9. The summed E-state index contributed by atoms with van der Waals surface area (Å²) in [5.74, 6) is -1.10. The minimum absolute atomic E-state index is 0.111. The number of amidine groups is 1. The lowest BCUT2D eigenvalue weighted by atomic mass is 10.1. The number of amides is 2. The van der Waals surface area contributed by atoms with Crippen LogP contribution in [-0.2, 0) is 9.59 Å². The number of hydrogen-bond donors (Lipinski definition) is 2. The number of rotatable bonds is 3. The number of halogens is 2. The van der Waals surface area contributed by atoms with Crippen LogP contribution in [0.2, 0.25) is 0 Å². The molecule has 1 saturated heterocycles. The van der Waals surface area contributed by atoms with Crippen LogP contribution in [0.15, 0.2) is 86.3 Å². The predicted octanol–water partition coefficient (Wildman–Crippen LogP) is 5.13. The van der Waals surface area contributed by atoms with Gasteiger partial charge in [0.1, 0.15) is 11.6 Å².